The normalized spacial score (nSPS) is 10.8. The molecule has 0 bridgehead atoms. The molecule has 0 aliphatic rings. The van der Waals surface area contributed by atoms with Crippen LogP contribution in [0, 0.1) is 0 Å². The predicted molar refractivity (Wildman–Crippen MR) is 109 cm³/mol. The van der Waals surface area contributed by atoms with Gasteiger partial charge in [0.2, 0.25) is 5.91 Å². The number of anilines is 1. The van der Waals surface area contributed by atoms with Crippen molar-refractivity contribution < 1.29 is 9.53 Å². The first-order chi connectivity index (χ1) is 13.6. The van der Waals surface area contributed by atoms with Gasteiger partial charge in [-0.25, -0.2) is 9.97 Å². The maximum absolute atomic E-state index is 12.4. The van der Waals surface area contributed by atoms with E-state index in [2.05, 4.69) is 15.3 Å². The summed E-state index contributed by atoms with van der Waals surface area (Å²) in [5, 5.41) is 3.23. The van der Waals surface area contributed by atoms with Gasteiger partial charge < -0.3 is 10.1 Å². The van der Waals surface area contributed by atoms with Gasteiger partial charge in [-0.15, -0.1) is 0 Å². The van der Waals surface area contributed by atoms with Gasteiger partial charge in [-0.1, -0.05) is 35.6 Å². The molecule has 2 aromatic heterocycles. The molecule has 0 fully saturated rings. The van der Waals surface area contributed by atoms with Crippen LogP contribution in [0.2, 0.25) is 0 Å². The van der Waals surface area contributed by atoms with Crippen LogP contribution in [0.3, 0.4) is 0 Å². The lowest BCUT2D eigenvalue weighted by Gasteiger charge is -2.09. The number of fused-ring (bicyclic) bond motifs is 1. The second-order valence-corrected chi connectivity index (χ2v) is 7.01. The molecule has 0 aliphatic heterocycles. The number of rotatable bonds is 5. The molecule has 0 saturated carbocycles. The average molecular weight is 392 g/mol. The number of nitrogens with zero attached hydrogens (tertiary/aromatic N) is 3. The zero-order valence-electron chi connectivity index (χ0n) is 15.0. The van der Waals surface area contributed by atoms with Crippen LogP contribution in [0.15, 0.2) is 65.7 Å². The van der Waals surface area contributed by atoms with Crippen molar-refractivity contribution in [3.63, 3.8) is 0 Å². The molecule has 0 radical (unpaired) electrons. The van der Waals surface area contributed by atoms with E-state index in [9.17, 15) is 9.59 Å². The molecular weight excluding hydrogens is 376 g/mol. The average Bonchev–Trinajstić information content (AvgIpc) is 3.11. The third-order valence-corrected chi connectivity index (χ3v) is 5.07. The second-order valence-electron chi connectivity index (χ2n) is 5.98. The summed E-state index contributed by atoms with van der Waals surface area (Å²) in [6, 6.07) is 16.3. The number of nitrogens with one attached hydrogen (secondary N) is 1. The number of hydrogen-bond acceptors (Lipinski definition) is 6. The molecule has 4 aromatic rings. The zero-order chi connectivity index (χ0) is 19.5. The predicted octanol–water partition coefficient (Wildman–Crippen LogP) is 3.17. The number of para-hydroxylation sites is 2. The molecular formula is C20H16N4O3S. The van der Waals surface area contributed by atoms with Gasteiger partial charge in [-0.2, -0.15) is 0 Å². The van der Waals surface area contributed by atoms with Crippen LogP contribution in [0.5, 0.6) is 5.75 Å². The number of thiazole rings is 1. The summed E-state index contributed by atoms with van der Waals surface area (Å²) in [6.07, 6.45) is 1.36. The van der Waals surface area contributed by atoms with Crippen molar-refractivity contribution in [2.24, 2.45) is 0 Å². The number of benzene rings is 2. The number of aromatic nitrogens is 3. The van der Waals surface area contributed by atoms with E-state index < -0.39 is 0 Å². The quantitative estimate of drug-likeness (QED) is 0.564. The highest BCUT2D eigenvalue weighted by Gasteiger charge is 2.12. The van der Waals surface area contributed by atoms with Crippen molar-refractivity contribution in [1.82, 2.24) is 14.5 Å². The van der Waals surface area contributed by atoms with Gasteiger partial charge in [-0.3, -0.25) is 14.2 Å². The fourth-order valence-corrected chi connectivity index (χ4v) is 3.67. The standard InChI is InChI=1S/C20H16N4O3S/c1-27-16-8-4-2-6-13(16)15-10-19(26)24(12-21-15)11-18(25)23-20-22-14-7-3-5-9-17(14)28-20/h2-10,12H,11H2,1H3,(H,22,23,25). The van der Waals surface area contributed by atoms with Crippen molar-refractivity contribution in [3.05, 3.63) is 71.3 Å². The fourth-order valence-electron chi connectivity index (χ4n) is 2.79. The van der Waals surface area contributed by atoms with Crippen LogP contribution >= 0.6 is 11.3 Å². The minimum atomic E-state index is -0.340. The van der Waals surface area contributed by atoms with Crippen LogP contribution in [-0.2, 0) is 11.3 Å². The van der Waals surface area contributed by atoms with Gasteiger partial charge in [0, 0.05) is 11.6 Å². The number of carbonyl (C=O) groups excluding carboxylic acids is 1. The molecule has 0 saturated heterocycles. The van der Waals surface area contributed by atoms with E-state index in [0.717, 1.165) is 10.2 Å². The summed E-state index contributed by atoms with van der Waals surface area (Å²) in [6.45, 7) is -0.145. The van der Waals surface area contributed by atoms with Crippen molar-refractivity contribution in [3.8, 4) is 17.0 Å². The minimum absolute atomic E-state index is 0.145. The van der Waals surface area contributed by atoms with Crippen LogP contribution in [0.25, 0.3) is 21.5 Å². The Balaban J connectivity index is 1.51. The topological polar surface area (TPSA) is 86.1 Å². The highest BCUT2D eigenvalue weighted by atomic mass is 32.1. The van der Waals surface area contributed by atoms with E-state index >= 15 is 0 Å². The monoisotopic (exact) mass is 392 g/mol. The summed E-state index contributed by atoms with van der Waals surface area (Å²) in [4.78, 5) is 33.4. The smallest absolute Gasteiger partial charge is 0.254 e. The second kappa shape index (κ2) is 7.61. The van der Waals surface area contributed by atoms with E-state index in [0.29, 0.717) is 22.1 Å². The Bertz CT molecular complexity index is 1180. The molecule has 1 amide bonds. The largest absolute Gasteiger partial charge is 0.496 e. The maximum atomic E-state index is 12.4. The minimum Gasteiger partial charge on any atom is -0.496 e. The molecule has 7 nitrogen and oxygen atoms in total. The summed E-state index contributed by atoms with van der Waals surface area (Å²) >= 11 is 1.38. The van der Waals surface area contributed by atoms with E-state index in [1.165, 1.54) is 28.3 Å². The van der Waals surface area contributed by atoms with E-state index in [4.69, 9.17) is 4.74 Å². The molecule has 0 unspecified atom stereocenters. The van der Waals surface area contributed by atoms with Crippen LogP contribution in [0.1, 0.15) is 0 Å². The number of ether oxygens (including phenoxy) is 1. The maximum Gasteiger partial charge on any atom is 0.254 e. The highest BCUT2D eigenvalue weighted by molar-refractivity contribution is 7.22. The van der Waals surface area contributed by atoms with E-state index in [-0.39, 0.29) is 18.0 Å². The molecule has 2 heterocycles. The van der Waals surface area contributed by atoms with Crippen LogP contribution in [0.4, 0.5) is 5.13 Å². The summed E-state index contributed by atoms with van der Waals surface area (Å²) in [7, 11) is 1.56. The fraction of sp³-hybridized carbons (Fsp3) is 0.100. The van der Waals surface area contributed by atoms with E-state index in [1.807, 2.05) is 42.5 Å². The highest BCUT2D eigenvalue weighted by Crippen LogP contribution is 2.27. The van der Waals surface area contributed by atoms with Crippen LogP contribution in [-0.4, -0.2) is 27.6 Å². The molecule has 2 aromatic carbocycles. The van der Waals surface area contributed by atoms with Gasteiger partial charge >= 0.3 is 0 Å². The van der Waals surface area contributed by atoms with Gasteiger partial charge in [0.25, 0.3) is 5.56 Å². The number of amides is 1. The van der Waals surface area contributed by atoms with Crippen molar-refractivity contribution in [1.29, 1.82) is 0 Å². The number of methoxy groups -OCH3 is 1. The lowest BCUT2D eigenvalue weighted by Crippen LogP contribution is -2.27. The Morgan fingerprint density at radius 3 is 2.75 bits per heavy atom. The van der Waals surface area contributed by atoms with Gasteiger partial charge in [0.15, 0.2) is 5.13 Å². The lowest BCUT2D eigenvalue weighted by molar-refractivity contribution is -0.116. The Kier molecular flexibility index (Phi) is 4.86. The zero-order valence-corrected chi connectivity index (χ0v) is 15.8. The van der Waals surface area contributed by atoms with Crippen LogP contribution < -0.4 is 15.6 Å². The molecule has 140 valence electrons. The first-order valence-corrected chi connectivity index (χ1v) is 9.31. The number of hydrogen-bond donors (Lipinski definition) is 1. The Morgan fingerprint density at radius 1 is 1.18 bits per heavy atom. The van der Waals surface area contributed by atoms with Gasteiger partial charge in [-0.05, 0) is 24.3 Å². The molecule has 8 heteroatoms. The van der Waals surface area contributed by atoms with Gasteiger partial charge in [0.1, 0.15) is 12.3 Å². The summed E-state index contributed by atoms with van der Waals surface area (Å²) in [5.74, 6) is 0.286. The first kappa shape index (κ1) is 17.9. The third kappa shape index (κ3) is 3.63. The van der Waals surface area contributed by atoms with Crippen molar-refractivity contribution in [2.75, 3.05) is 12.4 Å². The molecule has 4 rings (SSSR count). The SMILES string of the molecule is COc1ccccc1-c1cc(=O)n(CC(=O)Nc2nc3ccccc3s2)cn1. The van der Waals surface area contributed by atoms with Gasteiger partial charge in [0.05, 0.1) is 29.3 Å². The van der Waals surface area contributed by atoms with Crippen molar-refractivity contribution >= 4 is 32.6 Å². The molecule has 0 atom stereocenters. The molecule has 1 N–H and O–H groups in total. The Hall–Kier alpha value is -3.52. The number of carbonyl (C=O) groups is 1. The summed E-state index contributed by atoms with van der Waals surface area (Å²) < 4.78 is 7.54. The molecule has 0 aliphatic carbocycles. The third-order valence-electron chi connectivity index (χ3n) is 4.12. The summed E-state index contributed by atoms with van der Waals surface area (Å²) in [5.41, 5.74) is 1.71. The van der Waals surface area contributed by atoms with E-state index in [1.54, 1.807) is 13.2 Å². The van der Waals surface area contributed by atoms with Crippen molar-refractivity contribution in [2.45, 2.75) is 6.54 Å². The molecule has 28 heavy (non-hydrogen) atoms. The first-order valence-electron chi connectivity index (χ1n) is 8.49. The Labute approximate surface area is 164 Å². The Morgan fingerprint density at radius 2 is 1.96 bits per heavy atom. The lowest BCUT2D eigenvalue weighted by atomic mass is 10.1. The molecule has 0 spiro atoms.